The smallest absolute Gasteiger partial charge is 0.265 e. The van der Waals surface area contributed by atoms with E-state index in [1.54, 1.807) is 18.2 Å². The van der Waals surface area contributed by atoms with Gasteiger partial charge in [0, 0.05) is 34.1 Å². The number of halogens is 2. The molecule has 0 spiro atoms. The van der Waals surface area contributed by atoms with E-state index in [4.69, 9.17) is 23.2 Å². The standard InChI is InChI=1S/C26H21Cl2N3O5S2/c27-18-14-19(28)16-21(15-18)30-37(33,34)22-11-9-20(10-12-22)29-25(32)8-3-13-31-23-6-1-4-17-5-2-7-24(26(17)23)38(31,35)36/h1-2,4-7,9-12,14-16,30H,3,8,13H2,(H,29,32). The molecule has 4 aromatic rings. The molecule has 1 aliphatic heterocycles. The number of rotatable bonds is 8. The summed E-state index contributed by atoms with van der Waals surface area (Å²) in [5.74, 6) is -0.320. The van der Waals surface area contributed by atoms with E-state index in [0.717, 1.165) is 5.39 Å². The molecule has 12 heteroatoms. The highest BCUT2D eigenvalue weighted by atomic mass is 35.5. The third-order valence-electron chi connectivity index (χ3n) is 6.01. The first kappa shape index (κ1) is 26.3. The summed E-state index contributed by atoms with van der Waals surface area (Å²) in [7, 11) is -7.59. The minimum atomic E-state index is -3.91. The van der Waals surface area contributed by atoms with Crippen LogP contribution in [0.4, 0.5) is 17.1 Å². The molecule has 4 aromatic carbocycles. The van der Waals surface area contributed by atoms with Crippen LogP contribution in [0.5, 0.6) is 0 Å². The first-order chi connectivity index (χ1) is 18.0. The number of benzene rings is 4. The van der Waals surface area contributed by atoms with E-state index in [-0.39, 0.29) is 44.4 Å². The molecule has 0 unspecified atom stereocenters. The number of sulfonamides is 2. The van der Waals surface area contributed by atoms with Gasteiger partial charge in [-0.15, -0.1) is 0 Å². The maximum Gasteiger partial charge on any atom is 0.265 e. The van der Waals surface area contributed by atoms with Gasteiger partial charge >= 0.3 is 0 Å². The van der Waals surface area contributed by atoms with Crippen LogP contribution in [0.2, 0.25) is 10.0 Å². The Morgan fingerprint density at radius 2 is 1.53 bits per heavy atom. The Morgan fingerprint density at radius 3 is 2.21 bits per heavy atom. The summed E-state index contributed by atoms with van der Waals surface area (Å²) in [6, 6.07) is 20.7. The molecule has 0 saturated heterocycles. The zero-order valence-electron chi connectivity index (χ0n) is 19.7. The van der Waals surface area contributed by atoms with Gasteiger partial charge in [-0.25, -0.2) is 16.8 Å². The molecule has 5 rings (SSSR count). The van der Waals surface area contributed by atoms with Crippen molar-refractivity contribution in [2.45, 2.75) is 22.6 Å². The number of carbonyl (C=O) groups is 1. The SMILES string of the molecule is O=C(CCCN1c2cccc3cccc(c23)S1(=O)=O)Nc1ccc(S(=O)(=O)Nc2cc(Cl)cc(Cl)c2)cc1. The Bertz CT molecular complexity index is 1750. The van der Waals surface area contributed by atoms with Gasteiger partial charge in [0.1, 0.15) is 0 Å². The van der Waals surface area contributed by atoms with Crippen LogP contribution in [-0.2, 0) is 24.8 Å². The van der Waals surface area contributed by atoms with Crippen LogP contribution in [0, 0.1) is 0 Å². The number of nitrogens with zero attached hydrogens (tertiary/aromatic N) is 1. The van der Waals surface area contributed by atoms with Crippen molar-refractivity contribution in [1.82, 2.24) is 0 Å². The number of carbonyl (C=O) groups excluding carboxylic acids is 1. The first-order valence-electron chi connectivity index (χ1n) is 11.5. The molecule has 0 aromatic heterocycles. The molecule has 0 fully saturated rings. The molecule has 0 saturated carbocycles. The summed E-state index contributed by atoms with van der Waals surface area (Å²) >= 11 is 11.9. The van der Waals surface area contributed by atoms with E-state index in [0.29, 0.717) is 23.2 Å². The molecule has 2 N–H and O–H groups in total. The molecule has 38 heavy (non-hydrogen) atoms. The van der Waals surface area contributed by atoms with Crippen molar-refractivity contribution < 1.29 is 21.6 Å². The second kappa shape index (κ2) is 10.1. The minimum absolute atomic E-state index is 0.0143. The van der Waals surface area contributed by atoms with Crippen LogP contribution in [0.25, 0.3) is 10.8 Å². The highest BCUT2D eigenvalue weighted by Gasteiger charge is 2.35. The van der Waals surface area contributed by atoms with E-state index in [1.807, 2.05) is 18.2 Å². The van der Waals surface area contributed by atoms with Gasteiger partial charge in [-0.05, 0) is 66.4 Å². The third kappa shape index (κ3) is 5.17. The summed E-state index contributed by atoms with van der Waals surface area (Å²) in [6.07, 6.45) is 0.378. The Morgan fingerprint density at radius 1 is 0.868 bits per heavy atom. The molecular weight excluding hydrogens is 569 g/mol. The van der Waals surface area contributed by atoms with Crippen LogP contribution >= 0.6 is 23.2 Å². The van der Waals surface area contributed by atoms with Crippen LogP contribution < -0.4 is 14.3 Å². The maximum absolute atomic E-state index is 13.1. The van der Waals surface area contributed by atoms with Gasteiger partial charge in [0.25, 0.3) is 20.0 Å². The predicted octanol–water partition coefficient (Wildman–Crippen LogP) is 5.88. The average Bonchev–Trinajstić information content (AvgIpc) is 3.06. The second-order valence-electron chi connectivity index (χ2n) is 8.65. The van der Waals surface area contributed by atoms with Crippen molar-refractivity contribution in [2.24, 2.45) is 0 Å². The van der Waals surface area contributed by atoms with Crippen molar-refractivity contribution in [3.8, 4) is 0 Å². The Hall–Kier alpha value is -3.31. The van der Waals surface area contributed by atoms with Crippen LogP contribution in [0.15, 0.2) is 88.7 Å². The van der Waals surface area contributed by atoms with Gasteiger partial charge in [0.15, 0.2) is 0 Å². The normalized spacial score (nSPS) is 14.0. The second-order valence-corrected chi connectivity index (χ2v) is 13.0. The molecule has 1 amide bonds. The molecule has 0 aliphatic carbocycles. The molecule has 0 radical (unpaired) electrons. The summed E-state index contributed by atoms with van der Waals surface area (Å²) in [4.78, 5) is 12.8. The molecule has 196 valence electrons. The Labute approximate surface area is 230 Å². The summed E-state index contributed by atoms with van der Waals surface area (Å²) in [6.45, 7) is 0.153. The monoisotopic (exact) mass is 589 g/mol. The topological polar surface area (TPSA) is 113 Å². The number of hydrogen-bond acceptors (Lipinski definition) is 5. The lowest BCUT2D eigenvalue weighted by atomic mass is 10.1. The number of anilines is 3. The Kier molecular flexibility index (Phi) is 6.99. The third-order valence-corrected chi connectivity index (χ3v) is 9.70. The maximum atomic E-state index is 13.1. The summed E-state index contributed by atoms with van der Waals surface area (Å²) in [5.41, 5.74) is 1.24. The highest BCUT2D eigenvalue weighted by Crippen LogP contribution is 2.42. The van der Waals surface area contributed by atoms with Crippen molar-refractivity contribution in [3.63, 3.8) is 0 Å². The van der Waals surface area contributed by atoms with Crippen molar-refractivity contribution in [1.29, 1.82) is 0 Å². The van der Waals surface area contributed by atoms with Crippen molar-refractivity contribution >= 4 is 77.0 Å². The fraction of sp³-hybridized carbons (Fsp3) is 0.115. The van der Waals surface area contributed by atoms with Gasteiger partial charge in [0.2, 0.25) is 5.91 Å². The van der Waals surface area contributed by atoms with E-state index in [1.165, 1.54) is 46.8 Å². The molecule has 0 atom stereocenters. The molecule has 0 bridgehead atoms. The van der Waals surface area contributed by atoms with Gasteiger partial charge in [-0.1, -0.05) is 47.5 Å². The number of nitrogens with one attached hydrogen (secondary N) is 2. The Balaban J connectivity index is 1.19. The van der Waals surface area contributed by atoms with Crippen LogP contribution in [-0.4, -0.2) is 29.3 Å². The highest BCUT2D eigenvalue weighted by molar-refractivity contribution is 7.93. The van der Waals surface area contributed by atoms with Crippen LogP contribution in [0.1, 0.15) is 12.8 Å². The largest absolute Gasteiger partial charge is 0.326 e. The van der Waals surface area contributed by atoms with Gasteiger partial charge in [0.05, 0.1) is 21.2 Å². The molecule has 8 nitrogen and oxygen atoms in total. The quantitative estimate of drug-likeness (QED) is 0.266. The lowest BCUT2D eigenvalue weighted by Crippen LogP contribution is -2.28. The van der Waals surface area contributed by atoms with Gasteiger partial charge in [-0.3, -0.25) is 13.8 Å². The van der Waals surface area contributed by atoms with Gasteiger partial charge in [-0.2, -0.15) is 0 Å². The first-order valence-corrected chi connectivity index (χ1v) is 15.2. The molecule has 1 aliphatic rings. The fourth-order valence-corrected chi connectivity index (χ4v) is 7.67. The lowest BCUT2D eigenvalue weighted by molar-refractivity contribution is -0.116. The van der Waals surface area contributed by atoms with Gasteiger partial charge < -0.3 is 5.32 Å². The minimum Gasteiger partial charge on any atom is -0.326 e. The average molecular weight is 591 g/mol. The number of hydrogen-bond donors (Lipinski definition) is 2. The van der Waals surface area contributed by atoms with Crippen molar-refractivity contribution in [3.05, 3.63) is 88.9 Å². The molecular formula is C26H21Cl2N3O5S2. The number of amides is 1. The lowest BCUT2D eigenvalue weighted by Gasteiger charge is -2.18. The summed E-state index contributed by atoms with van der Waals surface area (Å²) in [5, 5.41) is 4.83. The van der Waals surface area contributed by atoms with E-state index < -0.39 is 20.0 Å². The van der Waals surface area contributed by atoms with Crippen molar-refractivity contribution in [2.75, 3.05) is 20.9 Å². The zero-order chi connectivity index (χ0) is 27.1. The summed E-state index contributed by atoms with van der Waals surface area (Å²) < 4.78 is 55.2. The zero-order valence-corrected chi connectivity index (χ0v) is 22.8. The van der Waals surface area contributed by atoms with E-state index in [9.17, 15) is 21.6 Å². The van der Waals surface area contributed by atoms with Crippen LogP contribution in [0.3, 0.4) is 0 Å². The molecule has 1 heterocycles. The fourth-order valence-electron chi connectivity index (χ4n) is 4.35. The van der Waals surface area contributed by atoms with E-state index >= 15 is 0 Å². The van der Waals surface area contributed by atoms with E-state index in [2.05, 4.69) is 10.0 Å². The predicted molar refractivity (Wildman–Crippen MR) is 150 cm³/mol.